The summed E-state index contributed by atoms with van der Waals surface area (Å²) >= 11 is 0. The van der Waals surface area contributed by atoms with Gasteiger partial charge in [-0.05, 0) is 50.5 Å². The van der Waals surface area contributed by atoms with Crippen molar-refractivity contribution in [3.63, 3.8) is 0 Å². The fraction of sp³-hybridized carbons (Fsp3) is 0.308. The summed E-state index contributed by atoms with van der Waals surface area (Å²) in [6, 6.07) is 12.7. The maximum Gasteiger partial charge on any atom is 0.338 e. The third-order valence-corrected chi connectivity index (χ3v) is 4.92. The van der Waals surface area contributed by atoms with Crippen molar-refractivity contribution in [1.82, 2.24) is 0 Å². The van der Waals surface area contributed by atoms with Gasteiger partial charge in [0, 0.05) is 17.4 Å². The minimum Gasteiger partial charge on any atom is -0.460 e. The summed E-state index contributed by atoms with van der Waals surface area (Å²) in [6.07, 6.45) is 4.96. The molecular formula is C26H28O4. The van der Waals surface area contributed by atoms with Crippen LogP contribution in [0.25, 0.3) is 11.0 Å². The molecule has 0 spiro atoms. The molecule has 0 fully saturated rings. The molecule has 0 aliphatic heterocycles. The number of unbranched alkanes of at least 4 members (excludes halogenated alkanes) is 1. The van der Waals surface area contributed by atoms with Gasteiger partial charge >= 0.3 is 5.97 Å². The number of ketones is 1. The van der Waals surface area contributed by atoms with Crippen molar-refractivity contribution < 1.29 is 18.7 Å². The van der Waals surface area contributed by atoms with E-state index in [1.165, 1.54) is 0 Å². The Kier molecular flexibility index (Phi) is 6.88. The quantitative estimate of drug-likeness (QED) is 0.239. The van der Waals surface area contributed by atoms with Crippen LogP contribution in [0.4, 0.5) is 0 Å². The molecule has 0 saturated heterocycles. The normalized spacial score (nSPS) is 11.1. The number of fused-ring (bicyclic) bond motifs is 1. The Morgan fingerprint density at radius 2 is 1.80 bits per heavy atom. The average molecular weight is 405 g/mol. The zero-order valence-corrected chi connectivity index (χ0v) is 17.9. The molecule has 0 aliphatic carbocycles. The first-order chi connectivity index (χ1) is 14.4. The highest BCUT2D eigenvalue weighted by molar-refractivity contribution is 6.17. The molecule has 0 saturated carbocycles. The van der Waals surface area contributed by atoms with Crippen LogP contribution in [0.1, 0.15) is 71.2 Å². The van der Waals surface area contributed by atoms with Crippen LogP contribution in [0.2, 0.25) is 0 Å². The van der Waals surface area contributed by atoms with Crippen LogP contribution < -0.4 is 0 Å². The summed E-state index contributed by atoms with van der Waals surface area (Å²) in [5.74, 6) is 0.163. The molecule has 2 aromatic carbocycles. The smallest absolute Gasteiger partial charge is 0.338 e. The van der Waals surface area contributed by atoms with E-state index >= 15 is 0 Å². The molecule has 0 bridgehead atoms. The molecule has 156 valence electrons. The first kappa shape index (κ1) is 21.6. The van der Waals surface area contributed by atoms with Crippen LogP contribution in [-0.2, 0) is 17.6 Å². The molecule has 0 radical (unpaired) electrons. The van der Waals surface area contributed by atoms with E-state index in [1.807, 2.05) is 44.2 Å². The topological polar surface area (TPSA) is 56.5 Å². The zero-order chi connectivity index (χ0) is 21.7. The first-order valence-electron chi connectivity index (χ1n) is 10.5. The Morgan fingerprint density at radius 1 is 1.10 bits per heavy atom. The van der Waals surface area contributed by atoms with E-state index < -0.39 is 5.97 Å². The molecule has 4 heteroatoms. The lowest BCUT2D eigenvalue weighted by atomic mass is 9.96. The minimum absolute atomic E-state index is 0.0978. The highest BCUT2D eigenvalue weighted by Crippen LogP contribution is 2.31. The summed E-state index contributed by atoms with van der Waals surface area (Å²) in [4.78, 5) is 25.8. The van der Waals surface area contributed by atoms with Crippen LogP contribution in [-0.4, -0.2) is 17.9 Å². The minimum atomic E-state index is -0.407. The number of hydrogen-bond acceptors (Lipinski definition) is 4. The van der Waals surface area contributed by atoms with Crippen molar-refractivity contribution in [2.75, 3.05) is 0 Å². The molecule has 30 heavy (non-hydrogen) atoms. The van der Waals surface area contributed by atoms with Crippen molar-refractivity contribution in [3.8, 4) is 0 Å². The highest BCUT2D eigenvalue weighted by Gasteiger charge is 2.23. The Bertz CT molecular complexity index is 1050. The second kappa shape index (κ2) is 9.57. The maximum atomic E-state index is 13.4. The monoisotopic (exact) mass is 404 g/mol. The number of carbonyl (C=O) groups is 2. The van der Waals surface area contributed by atoms with Crippen molar-refractivity contribution in [1.29, 1.82) is 0 Å². The Morgan fingerprint density at radius 3 is 2.43 bits per heavy atom. The van der Waals surface area contributed by atoms with Gasteiger partial charge in [0.15, 0.2) is 5.78 Å². The van der Waals surface area contributed by atoms with Gasteiger partial charge in [0.1, 0.15) is 11.3 Å². The van der Waals surface area contributed by atoms with Crippen molar-refractivity contribution in [3.05, 3.63) is 83.1 Å². The van der Waals surface area contributed by atoms with Crippen LogP contribution in [0.5, 0.6) is 0 Å². The SMILES string of the molecule is C=CCc1ccc(C(=O)c2c(CCCC)oc3ccc(C(=O)OC(C)C)cc23)cc1. The summed E-state index contributed by atoms with van der Waals surface area (Å²) in [5, 5.41) is 0.652. The molecule has 0 unspecified atom stereocenters. The first-order valence-corrected chi connectivity index (χ1v) is 10.5. The van der Waals surface area contributed by atoms with Crippen LogP contribution in [0, 0.1) is 0 Å². The van der Waals surface area contributed by atoms with Gasteiger partial charge in [-0.2, -0.15) is 0 Å². The van der Waals surface area contributed by atoms with Crippen molar-refractivity contribution >= 4 is 22.7 Å². The van der Waals surface area contributed by atoms with Gasteiger partial charge in [-0.1, -0.05) is 43.7 Å². The van der Waals surface area contributed by atoms with Gasteiger partial charge in [0.05, 0.1) is 17.2 Å². The molecular weight excluding hydrogens is 376 g/mol. The lowest BCUT2D eigenvalue weighted by Crippen LogP contribution is -2.11. The van der Waals surface area contributed by atoms with Crippen molar-refractivity contribution in [2.45, 2.75) is 52.6 Å². The van der Waals surface area contributed by atoms with E-state index in [0.717, 1.165) is 24.8 Å². The van der Waals surface area contributed by atoms with E-state index in [9.17, 15) is 9.59 Å². The maximum absolute atomic E-state index is 13.4. The number of rotatable bonds is 9. The zero-order valence-electron chi connectivity index (χ0n) is 17.9. The predicted octanol–water partition coefficient (Wildman–Crippen LogP) is 6.30. The lowest BCUT2D eigenvalue weighted by Gasteiger charge is -2.08. The van der Waals surface area contributed by atoms with Crippen LogP contribution in [0.15, 0.2) is 59.5 Å². The molecule has 4 nitrogen and oxygen atoms in total. The fourth-order valence-electron chi connectivity index (χ4n) is 3.42. The van der Waals surface area contributed by atoms with Gasteiger partial charge in [-0.15, -0.1) is 6.58 Å². The number of esters is 1. The molecule has 0 aliphatic rings. The van der Waals surface area contributed by atoms with Gasteiger partial charge in [0.25, 0.3) is 0 Å². The Balaban J connectivity index is 2.07. The van der Waals surface area contributed by atoms with Gasteiger partial charge in [0.2, 0.25) is 0 Å². The second-order valence-corrected chi connectivity index (χ2v) is 7.69. The van der Waals surface area contributed by atoms with Crippen LogP contribution in [0.3, 0.4) is 0 Å². The Labute approximate surface area is 177 Å². The predicted molar refractivity (Wildman–Crippen MR) is 119 cm³/mol. The molecule has 3 rings (SSSR count). The molecule has 1 heterocycles. The fourth-order valence-corrected chi connectivity index (χ4v) is 3.42. The number of furan rings is 1. The van der Waals surface area contributed by atoms with Gasteiger partial charge in [-0.25, -0.2) is 4.79 Å². The number of aryl methyl sites for hydroxylation is 1. The number of hydrogen-bond donors (Lipinski definition) is 0. The summed E-state index contributed by atoms with van der Waals surface area (Å²) in [7, 11) is 0. The molecule has 1 aromatic heterocycles. The van der Waals surface area contributed by atoms with E-state index in [0.29, 0.717) is 39.8 Å². The number of ether oxygens (including phenoxy) is 1. The molecule has 3 aromatic rings. The Hall–Kier alpha value is -3.14. The van der Waals surface area contributed by atoms with E-state index in [1.54, 1.807) is 18.2 Å². The van der Waals surface area contributed by atoms with E-state index in [4.69, 9.17) is 9.15 Å². The largest absolute Gasteiger partial charge is 0.460 e. The van der Waals surface area contributed by atoms with E-state index in [-0.39, 0.29) is 11.9 Å². The van der Waals surface area contributed by atoms with Gasteiger partial charge < -0.3 is 9.15 Å². The third kappa shape index (κ3) is 4.70. The lowest BCUT2D eigenvalue weighted by molar-refractivity contribution is 0.0378. The molecule has 0 atom stereocenters. The van der Waals surface area contributed by atoms with Gasteiger partial charge in [-0.3, -0.25) is 4.79 Å². The summed E-state index contributed by atoms with van der Waals surface area (Å²) in [6.45, 7) is 9.47. The summed E-state index contributed by atoms with van der Waals surface area (Å²) in [5.41, 5.74) is 3.25. The van der Waals surface area contributed by atoms with Crippen LogP contribution >= 0.6 is 0 Å². The molecule has 0 N–H and O–H groups in total. The second-order valence-electron chi connectivity index (χ2n) is 7.69. The average Bonchev–Trinajstić information content (AvgIpc) is 3.09. The number of carbonyl (C=O) groups excluding carboxylic acids is 2. The summed E-state index contributed by atoms with van der Waals surface area (Å²) < 4.78 is 11.4. The highest BCUT2D eigenvalue weighted by atomic mass is 16.5. The number of allylic oxidation sites excluding steroid dienone is 1. The van der Waals surface area contributed by atoms with Crippen molar-refractivity contribution in [2.24, 2.45) is 0 Å². The molecule has 0 amide bonds. The standard InChI is InChI=1S/C26H28O4/c1-5-7-9-23-24(25(27)19-12-10-18(8-6-2)11-13-19)21-16-20(14-15-22(21)30-23)26(28)29-17(3)4/h6,10-17H,2,5,7-9H2,1,3-4H3. The van der Waals surface area contributed by atoms with E-state index in [2.05, 4.69) is 13.5 Å². The number of benzene rings is 2. The third-order valence-electron chi connectivity index (χ3n) is 4.92.